The van der Waals surface area contributed by atoms with Crippen LogP contribution in [0, 0.1) is 44.4 Å². The Kier molecular flexibility index (Phi) is 7.67. The number of anilines is 2. The zero-order chi connectivity index (χ0) is 36.6. The molecule has 4 amide bonds. The van der Waals surface area contributed by atoms with Crippen molar-refractivity contribution in [3.05, 3.63) is 136 Å². The molecule has 4 aromatic rings. The standard InChI is InChI=1S/C42H37N3O7/c1-22-12-14-28(15-13-22)43-45-38(48)33-21-32-30(16-17-31-34(32)39(49)44(37(31)47)29-11-7-8-25(20-29)40(50)51)35(26-18-23(2)36(46)24(3)19-26)42(33,41(45)52)27-9-5-4-6-10-27/h4-16,18-20,31-35,43,46H,17,21H2,1-3H3,(H,50,51). The van der Waals surface area contributed by atoms with Gasteiger partial charge in [-0.1, -0.05) is 77.9 Å². The van der Waals surface area contributed by atoms with Crippen molar-refractivity contribution in [3.63, 3.8) is 0 Å². The number of phenolic OH excluding ortho intramolecular Hbond substituents is 1. The van der Waals surface area contributed by atoms with Crippen molar-refractivity contribution >= 4 is 41.0 Å². The third kappa shape index (κ3) is 4.73. The Morgan fingerprint density at radius 1 is 0.808 bits per heavy atom. The first-order valence-electron chi connectivity index (χ1n) is 17.4. The van der Waals surface area contributed by atoms with Crippen LogP contribution in [0.15, 0.2) is 103 Å². The maximum atomic E-state index is 15.3. The van der Waals surface area contributed by atoms with Crippen LogP contribution in [0.5, 0.6) is 5.75 Å². The van der Waals surface area contributed by atoms with Crippen molar-refractivity contribution in [2.45, 2.75) is 44.9 Å². The van der Waals surface area contributed by atoms with Crippen molar-refractivity contribution < 1.29 is 34.2 Å². The molecule has 2 aliphatic heterocycles. The lowest BCUT2D eigenvalue weighted by Crippen LogP contribution is -2.53. The molecule has 4 aromatic carbocycles. The highest BCUT2D eigenvalue weighted by Gasteiger charge is 2.70. The number of aromatic carboxylic acids is 1. The van der Waals surface area contributed by atoms with Crippen LogP contribution < -0.4 is 10.3 Å². The second-order valence-corrected chi connectivity index (χ2v) is 14.5. The number of phenols is 1. The van der Waals surface area contributed by atoms with E-state index >= 15 is 4.79 Å². The molecule has 0 spiro atoms. The molecule has 0 radical (unpaired) electrons. The minimum absolute atomic E-state index is 0.0496. The van der Waals surface area contributed by atoms with Crippen LogP contribution in [0.3, 0.4) is 0 Å². The number of nitrogens with zero attached hydrogens (tertiary/aromatic N) is 2. The lowest BCUT2D eigenvalue weighted by Gasteiger charge is -2.50. The topological polar surface area (TPSA) is 144 Å². The fourth-order valence-corrected chi connectivity index (χ4v) is 9.31. The number of carboxylic acid groups (broad SMARTS) is 1. The van der Waals surface area contributed by atoms with Crippen LogP contribution >= 0.6 is 0 Å². The van der Waals surface area contributed by atoms with Gasteiger partial charge in [0.25, 0.3) is 11.8 Å². The van der Waals surface area contributed by atoms with E-state index in [0.717, 1.165) is 26.6 Å². The molecule has 52 heavy (non-hydrogen) atoms. The highest BCUT2D eigenvalue weighted by molar-refractivity contribution is 6.23. The number of amides is 4. The number of aromatic hydroxyl groups is 1. The normalized spacial score (nSPS) is 26.5. The number of carbonyl (C=O) groups is 5. The van der Waals surface area contributed by atoms with E-state index in [9.17, 15) is 29.4 Å². The molecule has 0 aromatic heterocycles. The second kappa shape index (κ2) is 12.0. The number of hydrogen-bond donors (Lipinski definition) is 3. The summed E-state index contributed by atoms with van der Waals surface area (Å²) in [4.78, 5) is 71.6. The molecule has 1 saturated carbocycles. The molecule has 2 aliphatic carbocycles. The minimum Gasteiger partial charge on any atom is -0.507 e. The highest BCUT2D eigenvalue weighted by atomic mass is 16.4. The summed E-state index contributed by atoms with van der Waals surface area (Å²) in [6.07, 6.45) is 2.34. The summed E-state index contributed by atoms with van der Waals surface area (Å²) >= 11 is 0. The van der Waals surface area contributed by atoms with Crippen LogP contribution in [-0.2, 0) is 24.6 Å². The number of nitrogens with one attached hydrogen (secondary N) is 1. The Balaban J connectivity index is 1.32. The van der Waals surface area contributed by atoms with Gasteiger partial charge >= 0.3 is 5.97 Å². The molecule has 8 rings (SSSR count). The first-order valence-corrected chi connectivity index (χ1v) is 17.4. The van der Waals surface area contributed by atoms with E-state index in [1.165, 1.54) is 18.2 Å². The summed E-state index contributed by atoms with van der Waals surface area (Å²) < 4.78 is 0. The summed E-state index contributed by atoms with van der Waals surface area (Å²) in [5.74, 6) is -6.58. The predicted octanol–water partition coefficient (Wildman–Crippen LogP) is 6.21. The summed E-state index contributed by atoms with van der Waals surface area (Å²) in [6.45, 7) is 5.53. The Morgan fingerprint density at radius 2 is 1.50 bits per heavy atom. The highest BCUT2D eigenvalue weighted by Crippen LogP contribution is 2.64. The van der Waals surface area contributed by atoms with Gasteiger partial charge in [-0.15, -0.1) is 0 Å². The number of allylic oxidation sites excluding steroid dienone is 2. The number of benzene rings is 4. The molecule has 6 unspecified atom stereocenters. The number of hydrogen-bond acceptors (Lipinski definition) is 7. The Bertz CT molecular complexity index is 2210. The largest absolute Gasteiger partial charge is 0.507 e. The molecule has 2 saturated heterocycles. The van der Waals surface area contributed by atoms with E-state index in [4.69, 9.17) is 0 Å². The van der Waals surface area contributed by atoms with Gasteiger partial charge in [0.1, 0.15) is 5.75 Å². The average Bonchev–Trinajstić information content (AvgIpc) is 3.52. The van der Waals surface area contributed by atoms with Gasteiger partial charge in [-0.25, -0.2) is 4.79 Å². The fourth-order valence-electron chi connectivity index (χ4n) is 9.31. The zero-order valence-corrected chi connectivity index (χ0v) is 28.9. The van der Waals surface area contributed by atoms with E-state index in [2.05, 4.69) is 5.43 Å². The van der Waals surface area contributed by atoms with Gasteiger partial charge in [0.15, 0.2) is 0 Å². The van der Waals surface area contributed by atoms with Gasteiger partial charge in [-0.2, -0.15) is 5.01 Å². The van der Waals surface area contributed by atoms with Crippen LogP contribution in [0.25, 0.3) is 0 Å². The summed E-state index contributed by atoms with van der Waals surface area (Å²) in [5.41, 5.74) is 6.78. The fraction of sp³-hybridized carbons (Fsp3) is 0.262. The van der Waals surface area contributed by atoms with Crippen molar-refractivity contribution in [1.29, 1.82) is 0 Å². The van der Waals surface area contributed by atoms with Crippen LogP contribution in [0.1, 0.15) is 56.9 Å². The third-order valence-corrected chi connectivity index (χ3v) is 11.6. The second-order valence-electron chi connectivity index (χ2n) is 14.5. The third-order valence-electron chi connectivity index (χ3n) is 11.6. The maximum absolute atomic E-state index is 15.3. The molecular weight excluding hydrogens is 658 g/mol. The molecule has 4 aliphatic rings. The van der Waals surface area contributed by atoms with Crippen molar-refractivity contribution in [1.82, 2.24) is 5.01 Å². The number of imide groups is 2. The van der Waals surface area contributed by atoms with E-state index in [-0.39, 0.29) is 29.8 Å². The number of aryl methyl sites for hydroxylation is 3. The average molecular weight is 696 g/mol. The van der Waals surface area contributed by atoms with Crippen molar-refractivity contribution in [2.24, 2.45) is 23.7 Å². The quantitative estimate of drug-likeness (QED) is 0.160. The van der Waals surface area contributed by atoms with Gasteiger partial charge in [-0.3, -0.25) is 29.5 Å². The molecule has 262 valence electrons. The molecule has 0 bridgehead atoms. The Labute approximate surface area is 300 Å². The van der Waals surface area contributed by atoms with E-state index in [1.54, 1.807) is 32.0 Å². The number of fused-ring (bicyclic) bond motifs is 4. The number of carboxylic acids is 1. The molecule has 10 nitrogen and oxygen atoms in total. The van der Waals surface area contributed by atoms with E-state index < -0.39 is 64.6 Å². The Morgan fingerprint density at radius 3 is 2.17 bits per heavy atom. The molecule has 6 atom stereocenters. The van der Waals surface area contributed by atoms with Gasteiger partial charge in [-0.05, 0) is 92.1 Å². The van der Waals surface area contributed by atoms with Crippen LogP contribution in [-0.4, -0.2) is 44.8 Å². The molecule has 3 N–H and O–H groups in total. The zero-order valence-electron chi connectivity index (χ0n) is 28.9. The number of rotatable bonds is 6. The number of carbonyl (C=O) groups excluding carboxylic acids is 4. The molecule has 2 heterocycles. The van der Waals surface area contributed by atoms with Gasteiger partial charge < -0.3 is 10.2 Å². The number of hydrazine groups is 1. The van der Waals surface area contributed by atoms with Crippen molar-refractivity contribution in [2.75, 3.05) is 10.3 Å². The minimum atomic E-state index is -1.43. The van der Waals surface area contributed by atoms with Gasteiger partial charge in [0.2, 0.25) is 11.8 Å². The summed E-state index contributed by atoms with van der Waals surface area (Å²) in [6, 6.07) is 26.2. The molecule has 10 heteroatoms. The lowest BCUT2D eigenvalue weighted by atomic mass is 9.49. The smallest absolute Gasteiger partial charge is 0.335 e. The molecule has 3 fully saturated rings. The first-order chi connectivity index (χ1) is 24.9. The van der Waals surface area contributed by atoms with E-state index in [1.807, 2.05) is 67.6 Å². The van der Waals surface area contributed by atoms with E-state index in [0.29, 0.717) is 22.4 Å². The predicted molar refractivity (Wildman–Crippen MR) is 192 cm³/mol. The van der Waals surface area contributed by atoms with Gasteiger partial charge in [0, 0.05) is 5.92 Å². The van der Waals surface area contributed by atoms with Crippen molar-refractivity contribution in [3.8, 4) is 5.75 Å². The van der Waals surface area contributed by atoms with Crippen LogP contribution in [0.2, 0.25) is 0 Å². The monoisotopic (exact) mass is 695 g/mol. The maximum Gasteiger partial charge on any atom is 0.335 e. The summed E-state index contributed by atoms with van der Waals surface area (Å²) in [5, 5.41) is 21.6. The first kappa shape index (κ1) is 33.1. The van der Waals surface area contributed by atoms with Gasteiger partial charge in [0.05, 0.1) is 40.1 Å². The lowest BCUT2D eigenvalue weighted by molar-refractivity contribution is -0.138. The summed E-state index contributed by atoms with van der Waals surface area (Å²) in [7, 11) is 0. The van der Waals surface area contributed by atoms with Crippen LogP contribution in [0.4, 0.5) is 11.4 Å². The Hall–Kier alpha value is -6.03. The SMILES string of the molecule is Cc1ccc(NN2C(=O)C3CC4C(=CCC5C(=O)N(c6cccc(C(=O)O)c6)C(=O)C54)C(c4cc(C)c(O)c(C)c4)C3(c3ccccc3)C2=O)cc1. The molecular formula is C42H37N3O7.